The Balaban J connectivity index is 1.23. The Labute approximate surface area is 214 Å². The molecular formula is C25H27N7OS2. The number of rotatable bonds is 10. The average Bonchev–Trinajstić information content (AvgIpc) is 3.37. The van der Waals surface area contributed by atoms with Crippen LogP contribution in [0, 0.1) is 12.1 Å². The monoisotopic (exact) mass is 505 g/mol. The summed E-state index contributed by atoms with van der Waals surface area (Å²) in [5.74, 6) is 1.11. The van der Waals surface area contributed by atoms with Gasteiger partial charge in [0.1, 0.15) is 0 Å². The molecule has 1 unspecified atom stereocenters. The molecule has 2 aliphatic rings. The zero-order chi connectivity index (χ0) is 23.7. The van der Waals surface area contributed by atoms with Crippen LogP contribution in [0.3, 0.4) is 0 Å². The van der Waals surface area contributed by atoms with E-state index in [1.54, 1.807) is 11.8 Å². The first-order valence-corrected chi connectivity index (χ1v) is 13.3. The number of thioether (sulfide) groups is 1. The van der Waals surface area contributed by atoms with Crippen molar-refractivity contribution in [1.82, 2.24) is 25.2 Å². The van der Waals surface area contributed by atoms with Gasteiger partial charge >= 0.3 is 0 Å². The van der Waals surface area contributed by atoms with Gasteiger partial charge in [-0.15, -0.1) is 0 Å². The molecule has 8 nitrogen and oxygen atoms in total. The van der Waals surface area contributed by atoms with E-state index in [9.17, 15) is 0 Å². The highest BCUT2D eigenvalue weighted by Crippen LogP contribution is 2.34. The molecule has 0 amide bonds. The number of morpholine rings is 1. The second-order valence-electron chi connectivity index (χ2n) is 7.95. The van der Waals surface area contributed by atoms with Gasteiger partial charge in [-0.3, -0.25) is 4.90 Å². The first-order valence-electron chi connectivity index (χ1n) is 11.6. The lowest BCUT2D eigenvalue weighted by Crippen LogP contribution is -2.37. The number of aromatic nitrogens is 3. The van der Waals surface area contributed by atoms with E-state index in [1.807, 2.05) is 42.6 Å². The SMILES string of the molecule is c1ccc(C2=CNC(Nc3nc(NCCCN4CCOCC4)nc(Sc4ccccc4)n3)S2)cc#1. The third-order valence-corrected chi connectivity index (χ3v) is 7.39. The van der Waals surface area contributed by atoms with E-state index >= 15 is 0 Å². The molecule has 1 fully saturated rings. The zero-order valence-electron chi connectivity index (χ0n) is 19.2. The molecule has 0 radical (unpaired) electrons. The van der Waals surface area contributed by atoms with Gasteiger partial charge in [0.15, 0.2) is 10.7 Å². The van der Waals surface area contributed by atoms with Gasteiger partial charge in [0, 0.05) is 35.6 Å². The number of anilines is 2. The maximum absolute atomic E-state index is 5.43. The van der Waals surface area contributed by atoms with Crippen LogP contribution in [0.2, 0.25) is 0 Å². The summed E-state index contributed by atoms with van der Waals surface area (Å²) in [6.45, 7) is 5.46. The van der Waals surface area contributed by atoms with Gasteiger partial charge in [-0.25, -0.2) is 0 Å². The molecule has 2 aliphatic heterocycles. The number of hydrogen-bond donors (Lipinski definition) is 3. The predicted octanol–water partition coefficient (Wildman–Crippen LogP) is 3.79. The van der Waals surface area contributed by atoms with Crippen LogP contribution in [0.25, 0.3) is 4.91 Å². The Morgan fingerprint density at radius 3 is 2.77 bits per heavy atom. The molecule has 180 valence electrons. The van der Waals surface area contributed by atoms with E-state index in [4.69, 9.17) is 4.74 Å². The smallest absolute Gasteiger partial charge is 0.230 e. The number of nitrogens with zero attached hydrogens (tertiary/aromatic N) is 4. The average molecular weight is 506 g/mol. The lowest BCUT2D eigenvalue weighted by Gasteiger charge is -2.26. The summed E-state index contributed by atoms with van der Waals surface area (Å²) < 4.78 is 5.43. The summed E-state index contributed by atoms with van der Waals surface area (Å²) in [5.41, 5.74) is 1.02. The number of benzene rings is 1. The number of ether oxygens (including phenoxy) is 1. The number of nitrogens with one attached hydrogen (secondary N) is 3. The quantitative estimate of drug-likeness (QED) is 0.354. The van der Waals surface area contributed by atoms with Crippen LogP contribution in [0.5, 0.6) is 0 Å². The molecule has 1 aromatic heterocycles. The van der Waals surface area contributed by atoms with Crippen LogP contribution in [0.1, 0.15) is 12.0 Å². The molecule has 35 heavy (non-hydrogen) atoms. The van der Waals surface area contributed by atoms with Gasteiger partial charge in [-0.2, -0.15) is 15.0 Å². The van der Waals surface area contributed by atoms with Crippen molar-refractivity contribution in [1.29, 1.82) is 0 Å². The van der Waals surface area contributed by atoms with Crippen LogP contribution < -0.4 is 16.0 Å². The highest BCUT2D eigenvalue weighted by Gasteiger charge is 2.20. The van der Waals surface area contributed by atoms with Gasteiger partial charge in [0.05, 0.1) is 13.2 Å². The molecule has 3 heterocycles. The van der Waals surface area contributed by atoms with Crippen LogP contribution in [-0.4, -0.2) is 64.7 Å². The van der Waals surface area contributed by atoms with E-state index in [1.165, 1.54) is 11.8 Å². The first kappa shape index (κ1) is 23.8. The predicted molar refractivity (Wildman–Crippen MR) is 141 cm³/mol. The topological polar surface area (TPSA) is 87.2 Å². The van der Waals surface area contributed by atoms with E-state index in [0.29, 0.717) is 17.1 Å². The van der Waals surface area contributed by atoms with Crippen molar-refractivity contribution >= 4 is 40.3 Å². The Hall–Kier alpha value is -2.97. The highest BCUT2D eigenvalue weighted by molar-refractivity contribution is 8.09. The van der Waals surface area contributed by atoms with E-state index < -0.39 is 0 Å². The summed E-state index contributed by atoms with van der Waals surface area (Å²) in [7, 11) is 0. The van der Waals surface area contributed by atoms with E-state index in [-0.39, 0.29) is 5.50 Å². The second-order valence-corrected chi connectivity index (χ2v) is 10.1. The van der Waals surface area contributed by atoms with Crippen molar-refractivity contribution < 1.29 is 4.74 Å². The molecule has 2 aromatic carbocycles. The first-order chi connectivity index (χ1) is 17.3. The lowest BCUT2D eigenvalue weighted by atomic mass is 10.2. The largest absolute Gasteiger partial charge is 0.379 e. The molecule has 10 heteroatoms. The molecular weight excluding hydrogens is 478 g/mol. The Bertz CT molecular complexity index is 1110. The molecule has 0 saturated carbocycles. The Morgan fingerprint density at radius 2 is 1.94 bits per heavy atom. The van der Waals surface area contributed by atoms with Gasteiger partial charge in [-0.05, 0) is 60.6 Å². The van der Waals surface area contributed by atoms with Crippen LogP contribution in [-0.2, 0) is 4.74 Å². The molecule has 3 N–H and O–H groups in total. The van der Waals surface area contributed by atoms with Crippen LogP contribution >= 0.6 is 23.5 Å². The van der Waals surface area contributed by atoms with Crippen molar-refractivity contribution in [3.8, 4) is 0 Å². The fraction of sp³-hybridized carbons (Fsp3) is 0.320. The zero-order valence-corrected chi connectivity index (χ0v) is 20.9. The van der Waals surface area contributed by atoms with Gasteiger partial charge < -0.3 is 20.7 Å². The molecule has 0 aliphatic carbocycles. The van der Waals surface area contributed by atoms with E-state index in [2.05, 4.69) is 60.1 Å². The normalized spacial score (nSPS) is 17.8. The lowest BCUT2D eigenvalue weighted by molar-refractivity contribution is 0.0378. The van der Waals surface area contributed by atoms with Crippen molar-refractivity contribution in [2.24, 2.45) is 0 Å². The second kappa shape index (κ2) is 12.1. The van der Waals surface area contributed by atoms with Gasteiger partial charge in [-0.1, -0.05) is 42.1 Å². The third kappa shape index (κ3) is 7.02. The summed E-state index contributed by atoms with van der Waals surface area (Å²) in [6.07, 6.45) is 3.01. The van der Waals surface area contributed by atoms with Gasteiger partial charge in [0.2, 0.25) is 11.9 Å². The fourth-order valence-electron chi connectivity index (χ4n) is 3.65. The minimum atomic E-state index is -0.0830. The van der Waals surface area contributed by atoms with Crippen LogP contribution in [0.15, 0.2) is 64.8 Å². The molecule has 5 rings (SSSR count). The summed E-state index contributed by atoms with van der Waals surface area (Å²) in [5, 5.41) is 10.8. The maximum Gasteiger partial charge on any atom is 0.230 e. The van der Waals surface area contributed by atoms with Crippen molar-refractivity contribution in [2.45, 2.75) is 22.0 Å². The van der Waals surface area contributed by atoms with E-state index in [0.717, 1.165) is 61.2 Å². The maximum atomic E-state index is 5.43. The van der Waals surface area contributed by atoms with Crippen molar-refractivity contribution in [3.63, 3.8) is 0 Å². The van der Waals surface area contributed by atoms with Crippen LogP contribution in [0.4, 0.5) is 11.9 Å². The Morgan fingerprint density at radius 1 is 1.09 bits per heavy atom. The molecule has 0 spiro atoms. The highest BCUT2D eigenvalue weighted by atomic mass is 32.2. The minimum Gasteiger partial charge on any atom is -0.379 e. The Kier molecular flexibility index (Phi) is 8.23. The van der Waals surface area contributed by atoms with Crippen molar-refractivity contribution in [3.05, 3.63) is 72.4 Å². The summed E-state index contributed by atoms with van der Waals surface area (Å²) in [4.78, 5) is 18.6. The molecule has 3 aromatic rings. The third-order valence-electron chi connectivity index (χ3n) is 5.42. The fourth-order valence-corrected chi connectivity index (χ4v) is 5.38. The summed E-state index contributed by atoms with van der Waals surface area (Å²) >= 11 is 3.19. The molecule has 1 saturated heterocycles. The van der Waals surface area contributed by atoms with Gasteiger partial charge in [0.25, 0.3) is 0 Å². The standard InChI is InChI=1S/C25H27N7OS2/c1-3-8-19(9-4-1)21-18-27-24(35-21)30-23-28-22(26-12-7-13-32-14-16-33-17-15-32)29-25(31-23)34-20-10-5-2-6-11-20/h2-3,5-6,8-11,18,24,27H,7,12-17H2,(H2,26,28,29,30,31). The summed E-state index contributed by atoms with van der Waals surface area (Å²) in [6, 6.07) is 21.9. The van der Waals surface area contributed by atoms with Crippen molar-refractivity contribution in [2.75, 3.05) is 50.0 Å². The molecule has 1 atom stereocenters. The minimum absolute atomic E-state index is 0.0830. The number of hydrogen-bond acceptors (Lipinski definition) is 10. The molecule has 0 bridgehead atoms.